The van der Waals surface area contributed by atoms with E-state index >= 15 is 0 Å². The zero-order valence-corrected chi connectivity index (χ0v) is 18.0. The van der Waals surface area contributed by atoms with E-state index in [1.54, 1.807) is 54.6 Å². The van der Waals surface area contributed by atoms with Crippen molar-refractivity contribution in [3.63, 3.8) is 0 Å². The Morgan fingerprint density at radius 3 is 2.62 bits per heavy atom. The summed E-state index contributed by atoms with van der Waals surface area (Å²) in [6.45, 7) is 0.0103. The lowest BCUT2D eigenvalue weighted by Gasteiger charge is -2.12. The zero-order valence-electron chi connectivity index (χ0n) is 17.2. The normalized spacial score (nSPS) is 10.4. The summed E-state index contributed by atoms with van der Waals surface area (Å²) < 4.78 is 16.6. The molecule has 0 radical (unpaired) electrons. The maximum Gasteiger partial charge on any atom is 0.277 e. The van der Waals surface area contributed by atoms with E-state index in [9.17, 15) is 10.1 Å². The number of nitrogens with zero attached hydrogens (tertiary/aromatic N) is 2. The van der Waals surface area contributed by atoms with E-state index in [1.807, 2.05) is 12.1 Å². The molecule has 162 valence electrons. The van der Waals surface area contributed by atoms with E-state index in [-0.39, 0.29) is 13.2 Å². The van der Waals surface area contributed by atoms with Gasteiger partial charge in [-0.25, -0.2) is 5.43 Å². The van der Waals surface area contributed by atoms with Gasteiger partial charge in [0.15, 0.2) is 18.1 Å². The van der Waals surface area contributed by atoms with Crippen LogP contribution in [0.5, 0.6) is 17.2 Å². The summed E-state index contributed by atoms with van der Waals surface area (Å²) in [6, 6.07) is 21.5. The molecule has 3 rings (SSSR count). The van der Waals surface area contributed by atoms with Gasteiger partial charge in [0.2, 0.25) is 0 Å². The minimum absolute atomic E-state index is 0.221. The summed E-state index contributed by atoms with van der Waals surface area (Å²) in [5, 5.41) is 13.5. The molecular weight excluding hydrogens is 430 g/mol. The highest BCUT2D eigenvalue weighted by Gasteiger charge is 2.08. The van der Waals surface area contributed by atoms with Crippen molar-refractivity contribution < 1.29 is 19.0 Å². The largest absolute Gasteiger partial charge is 0.493 e. The van der Waals surface area contributed by atoms with Crippen molar-refractivity contribution in [3.05, 3.63) is 88.4 Å². The number of ether oxygens (including phenoxy) is 3. The number of carbonyl (C=O) groups excluding carboxylic acids is 1. The molecule has 0 heterocycles. The van der Waals surface area contributed by atoms with E-state index in [4.69, 9.17) is 25.8 Å². The molecular formula is C24H20ClN3O4. The fraction of sp³-hybridized carbons (Fsp3) is 0.125. The number of methoxy groups -OCH3 is 1. The van der Waals surface area contributed by atoms with Gasteiger partial charge in [0.05, 0.1) is 30.0 Å². The first-order chi connectivity index (χ1) is 15.6. The number of nitriles is 1. The SMILES string of the molecule is COc1cc(/C=N/NC(=O)COc2ccccc2Cl)ccc1OCc1ccccc1C#N. The summed E-state index contributed by atoms with van der Waals surface area (Å²) in [4.78, 5) is 11.9. The van der Waals surface area contributed by atoms with Crippen LogP contribution in [0.3, 0.4) is 0 Å². The van der Waals surface area contributed by atoms with E-state index in [2.05, 4.69) is 16.6 Å². The minimum atomic E-state index is -0.427. The van der Waals surface area contributed by atoms with Crippen LogP contribution in [0.25, 0.3) is 0 Å². The fourth-order valence-electron chi connectivity index (χ4n) is 2.71. The van der Waals surface area contributed by atoms with Gasteiger partial charge in [-0.05, 0) is 42.0 Å². The first-order valence-electron chi connectivity index (χ1n) is 9.59. The predicted molar refractivity (Wildman–Crippen MR) is 121 cm³/mol. The van der Waals surface area contributed by atoms with E-state index < -0.39 is 5.91 Å². The molecule has 1 N–H and O–H groups in total. The van der Waals surface area contributed by atoms with E-state index in [0.29, 0.717) is 33.4 Å². The molecule has 3 aromatic rings. The second kappa shape index (κ2) is 11.4. The summed E-state index contributed by atoms with van der Waals surface area (Å²) in [5.41, 5.74) is 4.43. The standard InChI is InChI=1S/C24H20ClN3O4/c1-30-23-12-17(10-11-22(23)31-15-19-7-3-2-6-18(19)13-26)14-27-28-24(29)16-32-21-9-5-4-8-20(21)25/h2-12,14H,15-16H2,1H3,(H,28,29)/b27-14+. The predicted octanol–water partition coefficient (Wildman–Crippen LogP) is 4.33. The number of carbonyl (C=O) groups is 1. The minimum Gasteiger partial charge on any atom is -0.493 e. The quantitative estimate of drug-likeness (QED) is 0.387. The maximum absolute atomic E-state index is 11.9. The zero-order chi connectivity index (χ0) is 22.8. The Labute approximate surface area is 190 Å². The van der Waals surface area contributed by atoms with Gasteiger partial charge in [-0.15, -0.1) is 0 Å². The molecule has 0 aliphatic heterocycles. The molecule has 0 aliphatic rings. The Hall–Kier alpha value is -4.02. The van der Waals surface area contributed by atoms with Crippen molar-refractivity contribution in [3.8, 4) is 23.3 Å². The van der Waals surface area contributed by atoms with E-state index in [1.165, 1.54) is 13.3 Å². The van der Waals surface area contributed by atoms with Gasteiger partial charge in [0.1, 0.15) is 12.4 Å². The van der Waals surface area contributed by atoms with Crippen molar-refractivity contribution in [2.75, 3.05) is 13.7 Å². The third kappa shape index (κ3) is 6.24. The van der Waals surface area contributed by atoms with Gasteiger partial charge in [-0.1, -0.05) is 41.9 Å². The summed E-state index contributed by atoms with van der Waals surface area (Å²) >= 11 is 5.98. The number of halogens is 1. The lowest BCUT2D eigenvalue weighted by molar-refractivity contribution is -0.123. The molecule has 0 bridgehead atoms. The van der Waals surface area contributed by atoms with Gasteiger partial charge in [-0.2, -0.15) is 10.4 Å². The summed E-state index contributed by atoms with van der Waals surface area (Å²) in [6.07, 6.45) is 1.48. The Morgan fingerprint density at radius 1 is 1.06 bits per heavy atom. The number of hydrogen-bond acceptors (Lipinski definition) is 6. The Kier molecular flexibility index (Phi) is 8.07. The van der Waals surface area contributed by atoms with Crippen LogP contribution in [0.4, 0.5) is 0 Å². The number of benzene rings is 3. The topological polar surface area (TPSA) is 92.9 Å². The van der Waals surface area contributed by atoms with Crippen LogP contribution in [0, 0.1) is 11.3 Å². The van der Waals surface area contributed by atoms with Crippen LogP contribution in [0.1, 0.15) is 16.7 Å². The second-order valence-electron chi connectivity index (χ2n) is 6.48. The van der Waals surface area contributed by atoms with Crippen LogP contribution >= 0.6 is 11.6 Å². The van der Waals surface area contributed by atoms with Crippen molar-refractivity contribution >= 4 is 23.7 Å². The smallest absolute Gasteiger partial charge is 0.277 e. The molecule has 8 heteroatoms. The molecule has 0 aliphatic carbocycles. The number of hydrogen-bond donors (Lipinski definition) is 1. The number of rotatable bonds is 9. The van der Waals surface area contributed by atoms with Crippen LogP contribution in [-0.2, 0) is 11.4 Å². The molecule has 0 aromatic heterocycles. The van der Waals surface area contributed by atoms with Crippen molar-refractivity contribution in [1.29, 1.82) is 5.26 Å². The fourth-order valence-corrected chi connectivity index (χ4v) is 2.90. The molecule has 3 aromatic carbocycles. The van der Waals surface area contributed by atoms with Gasteiger partial charge >= 0.3 is 0 Å². The molecule has 1 amide bonds. The van der Waals surface area contributed by atoms with Crippen molar-refractivity contribution in [1.82, 2.24) is 5.43 Å². The highest BCUT2D eigenvalue weighted by molar-refractivity contribution is 6.32. The average Bonchev–Trinajstić information content (AvgIpc) is 2.82. The van der Waals surface area contributed by atoms with Crippen LogP contribution in [0.2, 0.25) is 5.02 Å². The third-order valence-electron chi connectivity index (χ3n) is 4.31. The number of amides is 1. The Bertz CT molecular complexity index is 1160. The summed E-state index contributed by atoms with van der Waals surface area (Å²) in [5.74, 6) is 1.02. The number of hydrazone groups is 1. The first-order valence-corrected chi connectivity index (χ1v) is 9.96. The molecule has 0 atom stereocenters. The van der Waals surface area contributed by atoms with Crippen LogP contribution in [-0.4, -0.2) is 25.8 Å². The average molecular weight is 450 g/mol. The number of para-hydroxylation sites is 1. The molecule has 0 fully saturated rings. The lowest BCUT2D eigenvalue weighted by atomic mass is 10.1. The van der Waals surface area contributed by atoms with E-state index in [0.717, 1.165) is 5.56 Å². The first kappa shape index (κ1) is 22.7. The summed E-state index contributed by atoms with van der Waals surface area (Å²) in [7, 11) is 1.53. The molecule has 0 saturated heterocycles. The van der Waals surface area contributed by atoms with Crippen molar-refractivity contribution in [2.24, 2.45) is 5.10 Å². The van der Waals surface area contributed by atoms with Gasteiger partial charge in [0, 0.05) is 5.56 Å². The Balaban J connectivity index is 1.55. The highest BCUT2D eigenvalue weighted by atomic mass is 35.5. The van der Waals surface area contributed by atoms with Gasteiger partial charge < -0.3 is 14.2 Å². The number of nitrogens with one attached hydrogen (secondary N) is 1. The van der Waals surface area contributed by atoms with Gasteiger partial charge in [0.25, 0.3) is 5.91 Å². The maximum atomic E-state index is 11.9. The molecule has 0 spiro atoms. The second-order valence-corrected chi connectivity index (χ2v) is 6.89. The highest BCUT2D eigenvalue weighted by Crippen LogP contribution is 2.28. The molecule has 0 unspecified atom stereocenters. The molecule has 32 heavy (non-hydrogen) atoms. The van der Waals surface area contributed by atoms with Crippen molar-refractivity contribution in [2.45, 2.75) is 6.61 Å². The van der Waals surface area contributed by atoms with Crippen LogP contribution < -0.4 is 19.6 Å². The monoisotopic (exact) mass is 449 g/mol. The van der Waals surface area contributed by atoms with Gasteiger partial charge in [-0.3, -0.25) is 4.79 Å². The van der Waals surface area contributed by atoms with Crippen LogP contribution in [0.15, 0.2) is 71.8 Å². The Morgan fingerprint density at radius 2 is 1.84 bits per heavy atom. The molecule has 0 saturated carbocycles. The lowest BCUT2D eigenvalue weighted by Crippen LogP contribution is -2.24. The molecule has 7 nitrogen and oxygen atoms in total. The third-order valence-corrected chi connectivity index (χ3v) is 4.62.